The monoisotopic (exact) mass is 669 g/mol. The molecule has 0 atom stereocenters. The van der Waals surface area contributed by atoms with E-state index in [1.807, 2.05) is 32.3 Å². The Labute approximate surface area is 249 Å². The van der Waals surface area contributed by atoms with Gasteiger partial charge in [-0.25, -0.2) is 15.0 Å². The molecule has 3 heterocycles. The number of imidazole rings is 1. The summed E-state index contributed by atoms with van der Waals surface area (Å²) in [6.07, 6.45) is 13.1. The molecule has 0 aliphatic rings. The topological polar surface area (TPSA) is 141 Å². The van der Waals surface area contributed by atoms with Gasteiger partial charge in [-0.05, 0) is 56.2 Å². The molecular weight excluding hydrogens is 646 g/mol. The van der Waals surface area contributed by atoms with Crippen molar-refractivity contribution in [1.29, 1.82) is 0 Å². The van der Waals surface area contributed by atoms with Crippen molar-refractivity contribution >= 4 is 55.9 Å². The zero-order valence-electron chi connectivity index (χ0n) is 21.8. The molecule has 2 N–H and O–H groups in total. The van der Waals surface area contributed by atoms with Crippen LogP contribution >= 0.6 is 15.9 Å². The van der Waals surface area contributed by atoms with Crippen molar-refractivity contribution in [3.63, 3.8) is 0 Å². The van der Waals surface area contributed by atoms with E-state index in [2.05, 4.69) is 52.4 Å². The van der Waals surface area contributed by atoms with Gasteiger partial charge in [-0.15, -0.1) is 6.42 Å². The molecule has 0 spiro atoms. The summed E-state index contributed by atoms with van der Waals surface area (Å²) in [6.45, 7) is 0.817. The second-order valence-electron chi connectivity index (χ2n) is 9.32. The first kappa shape index (κ1) is 30.4. The maximum atomic E-state index is 12.6. The molecule has 3 aromatic heterocycles. The van der Waals surface area contributed by atoms with Gasteiger partial charge in [0.05, 0.1) is 32.4 Å². The van der Waals surface area contributed by atoms with Crippen molar-refractivity contribution in [2.24, 2.45) is 7.05 Å². The fourth-order valence-corrected chi connectivity index (χ4v) is 4.20. The van der Waals surface area contributed by atoms with Gasteiger partial charge in [-0.2, -0.15) is 0 Å². The normalized spacial score (nSPS) is 11.2. The maximum Gasteiger partial charge on any atom is 0.390 e. The van der Waals surface area contributed by atoms with Gasteiger partial charge in [-0.1, -0.05) is 5.92 Å². The van der Waals surface area contributed by atoms with Crippen LogP contribution in [-0.2, 0) is 18.4 Å². The predicted octanol–water partition coefficient (Wildman–Crippen LogP) is 0.929. The number of rotatable bonds is 9. The van der Waals surface area contributed by atoms with E-state index >= 15 is 0 Å². The number of hydrogen-bond acceptors (Lipinski definition) is 8. The van der Waals surface area contributed by atoms with Gasteiger partial charge in [0.15, 0.2) is 5.69 Å². The smallest absolute Gasteiger partial charge is 0.390 e. The van der Waals surface area contributed by atoms with Crippen molar-refractivity contribution in [3.05, 3.63) is 81.1 Å². The van der Waals surface area contributed by atoms with Crippen LogP contribution in [0.15, 0.2) is 59.7 Å². The molecule has 1 aromatic carbocycles. The van der Waals surface area contributed by atoms with Gasteiger partial charge in [0.1, 0.15) is 24.5 Å². The van der Waals surface area contributed by atoms with Crippen molar-refractivity contribution in [2.75, 3.05) is 31.3 Å². The number of pyridine rings is 1. The summed E-state index contributed by atoms with van der Waals surface area (Å²) in [7, 11) is 5.54. The molecule has 206 valence electrons. The van der Waals surface area contributed by atoms with Crippen LogP contribution in [0.3, 0.4) is 0 Å². The van der Waals surface area contributed by atoms with Crippen LogP contribution < -0.4 is 27.6 Å². The standard InChI is InChI=1S/C26H24BrN9O3.BrH/c1-5-17-11-18(8-9-20(17)27)32-25-19-12-23(28-13-21(19)29-15-30-25)33-24(37)7-6-10-36(3,4)14-22-26(35(38)39)31-16-34(22)2;/h1,6-9,11-13,15-16H,10,14H2,2-4H3,(H-,28,29,30,32,33,37);1H/b7-6+;. The van der Waals surface area contributed by atoms with Gasteiger partial charge in [-0.3, -0.25) is 4.79 Å². The molecule has 1 amide bonds. The molecule has 12 nitrogen and oxygen atoms in total. The molecule has 0 unspecified atom stereocenters. The fourth-order valence-electron chi connectivity index (χ4n) is 3.84. The number of carbonyl (C=O) groups excluding carboxylic acids is 1. The Morgan fingerprint density at radius 3 is 2.75 bits per heavy atom. The van der Waals surface area contributed by atoms with Gasteiger partial charge < -0.3 is 46.8 Å². The summed E-state index contributed by atoms with van der Waals surface area (Å²) in [5.41, 5.74) is 2.54. The average molecular weight is 671 g/mol. The maximum absolute atomic E-state index is 12.6. The van der Waals surface area contributed by atoms with E-state index in [1.54, 1.807) is 30.0 Å². The van der Waals surface area contributed by atoms with Crippen LogP contribution in [0.1, 0.15) is 11.3 Å². The van der Waals surface area contributed by atoms with Gasteiger partial charge in [0.25, 0.3) is 0 Å². The first-order valence-electron chi connectivity index (χ1n) is 11.6. The second kappa shape index (κ2) is 12.8. The summed E-state index contributed by atoms with van der Waals surface area (Å²) in [5.74, 6) is 2.94. The SMILES string of the molecule is C#Cc1cc(Nc2ncnc3cnc(NC(=O)/C=C/C[N+](C)(C)Cc4c([N+](=O)[O-])ncn4C)cc23)ccc1Br.[Br-]. The minimum atomic E-state index is -0.491. The average Bonchev–Trinajstić information content (AvgIpc) is 3.24. The highest BCUT2D eigenvalue weighted by atomic mass is 79.9. The molecule has 14 heteroatoms. The number of halogens is 2. The molecule has 0 aliphatic carbocycles. The van der Waals surface area contributed by atoms with Crippen molar-refractivity contribution < 1.29 is 31.2 Å². The lowest BCUT2D eigenvalue weighted by Crippen LogP contribution is -3.00. The third-order valence-electron chi connectivity index (χ3n) is 5.81. The number of quaternary nitrogens is 1. The second-order valence-corrected chi connectivity index (χ2v) is 10.2. The zero-order chi connectivity index (χ0) is 28.2. The van der Waals surface area contributed by atoms with Crippen molar-refractivity contribution in [1.82, 2.24) is 24.5 Å². The van der Waals surface area contributed by atoms with Crippen LogP contribution in [0.25, 0.3) is 10.9 Å². The third-order valence-corrected chi connectivity index (χ3v) is 6.51. The summed E-state index contributed by atoms with van der Waals surface area (Å²) < 4.78 is 2.82. The van der Waals surface area contributed by atoms with E-state index in [0.717, 1.165) is 10.2 Å². The number of fused-ring (bicyclic) bond motifs is 1. The molecule has 0 fully saturated rings. The highest BCUT2D eigenvalue weighted by Crippen LogP contribution is 2.27. The van der Waals surface area contributed by atoms with Crippen LogP contribution in [0.5, 0.6) is 0 Å². The van der Waals surface area contributed by atoms with Gasteiger partial charge in [0.2, 0.25) is 12.2 Å². The third kappa shape index (κ3) is 7.26. The van der Waals surface area contributed by atoms with E-state index in [1.165, 1.54) is 18.7 Å². The molecule has 0 radical (unpaired) electrons. The van der Waals surface area contributed by atoms with E-state index in [9.17, 15) is 14.9 Å². The number of nitro groups is 1. The summed E-state index contributed by atoms with van der Waals surface area (Å²) in [4.78, 5) is 40.1. The number of likely N-dealkylation sites (N-methyl/N-ethyl adjacent to an activating group) is 1. The highest BCUT2D eigenvalue weighted by molar-refractivity contribution is 9.10. The van der Waals surface area contributed by atoms with Crippen LogP contribution in [0, 0.1) is 22.5 Å². The first-order valence-corrected chi connectivity index (χ1v) is 12.4. The highest BCUT2D eigenvalue weighted by Gasteiger charge is 2.26. The van der Waals surface area contributed by atoms with Crippen molar-refractivity contribution in [3.8, 4) is 12.3 Å². The number of aromatic nitrogens is 5. The number of terminal acetylenes is 1. The summed E-state index contributed by atoms with van der Waals surface area (Å²) in [5, 5.41) is 17.9. The van der Waals surface area contributed by atoms with Crippen molar-refractivity contribution in [2.45, 2.75) is 6.54 Å². The Balaban J connectivity index is 0.00000441. The Morgan fingerprint density at radius 1 is 1.25 bits per heavy atom. The van der Waals surface area contributed by atoms with Crippen LogP contribution in [0.4, 0.5) is 23.1 Å². The Kier molecular flexibility index (Phi) is 9.69. The first-order chi connectivity index (χ1) is 18.6. The lowest BCUT2D eigenvalue weighted by atomic mass is 10.2. The number of nitrogens with one attached hydrogen (secondary N) is 2. The number of nitrogens with zero attached hydrogens (tertiary/aromatic N) is 7. The Bertz CT molecular complexity index is 1640. The molecule has 0 saturated heterocycles. The fraction of sp³-hybridized carbons (Fsp3) is 0.192. The number of carbonyl (C=O) groups is 1. The molecule has 4 rings (SSSR count). The number of hydrogen-bond donors (Lipinski definition) is 2. The number of benzene rings is 1. The number of amides is 1. The predicted molar refractivity (Wildman–Crippen MR) is 151 cm³/mol. The largest absolute Gasteiger partial charge is 1.00 e. The summed E-state index contributed by atoms with van der Waals surface area (Å²) in [6, 6.07) is 7.21. The van der Waals surface area contributed by atoms with Gasteiger partial charge >= 0.3 is 5.82 Å². The molecular formula is C26H25Br2N9O3. The Hall–Kier alpha value is -4.19. The quantitative estimate of drug-likeness (QED) is 0.0882. The Morgan fingerprint density at radius 2 is 2.02 bits per heavy atom. The van der Waals surface area contributed by atoms with E-state index in [4.69, 9.17) is 6.42 Å². The molecule has 0 aliphatic heterocycles. The van der Waals surface area contributed by atoms with E-state index in [0.29, 0.717) is 51.4 Å². The van der Waals surface area contributed by atoms with Crippen LogP contribution in [-0.4, -0.2) is 60.5 Å². The molecule has 40 heavy (non-hydrogen) atoms. The van der Waals surface area contributed by atoms with E-state index < -0.39 is 4.92 Å². The van der Waals surface area contributed by atoms with E-state index in [-0.39, 0.29) is 28.7 Å². The minimum absolute atomic E-state index is 0. The lowest BCUT2D eigenvalue weighted by Gasteiger charge is -2.27. The van der Waals surface area contributed by atoms with Crippen LogP contribution in [0.2, 0.25) is 0 Å². The molecule has 0 bridgehead atoms. The summed E-state index contributed by atoms with van der Waals surface area (Å²) >= 11 is 3.42. The zero-order valence-corrected chi connectivity index (χ0v) is 25.0. The lowest BCUT2D eigenvalue weighted by molar-refractivity contribution is -0.898. The number of aryl methyl sites for hydroxylation is 1. The minimum Gasteiger partial charge on any atom is -1.00 e. The molecule has 4 aromatic rings. The molecule has 0 saturated carbocycles. The number of anilines is 3. The van der Waals surface area contributed by atoms with Gasteiger partial charge in [0, 0.05) is 34.2 Å².